The molecule has 1 saturated heterocycles. The fraction of sp³-hybridized carbons (Fsp3) is 0.333. The van der Waals surface area contributed by atoms with Crippen molar-refractivity contribution < 1.29 is 14.0 Å². The van der Waals surface area contributed by atoms with Gasteiger partial charge in [0.25, 0.3) is 0 Å². The van der Waals surface area contributed by atoms with Crippen molar-refractivity contribution in [3.05, 3.63) is 34.9 Å². The zero-order valence-electron chi connectivity index (χ0n) is 9.81. The van der Waals surface area contributed by atoms with E-state index >= 15 is 0 Å². The van der Waals surface area contributed by atoms with Gasteiger partial charge in [-0.05, 0) is 24.6 Å². The molecule has 1 aliphatic rings. The molecule has 2 atom stereocenters. The van der Waals surface area contributed by atoms with Crippen LogP contribution in [0.2, 0.25) is 5.02 Å². The highest BCUT2D eigenvalue weighted by Crippen LogP contribution is 2.26. The summed E-state index contributed by atoms with van der Waals surface area (Å²) < 4.78 is 18.2. The van der Waals surface area contributed by atoms with Crippen molar-refractivity contribution in [1.29, 1.82) is 0 Å². The van der Waals surface area contributed by atoms with Gasteiger partial charge < -0.3 is 14.9 Å². The number of aliphatic hydroxyl groups excluding tert-OH is 1. The first-order valence-electron chi connectivity index (χ1n) is 5.84. The lowest BCUT2D eigenvalue weighted by Gasteiger charge is -2.01. The summed E-state index contributed by atoms with van der Waals surface area (Å²) >= 11 is 5.71. The average molecular weight is 284 g/mol. The van der Waals surface area contributed by atoms with Gasteiger partial charge in [0.1, 0.15) is 5.82 Å². The van der Waals surface area contributed by atoms with E-state index in [4.69, 9.17) is 16.1 Å². The summed E-state index contributed by atoms with van der Waals surface area (Å²) in [5, 5.41) is 16.4. The largest absolute Gasteiger partial charge is 0.392 e. The van der Waals surface area contributed by atoms with E-state index in [1.807, 2.05) is 0 Å². The molecular weight excluding hydrogens is 273 g/mol. The zero-order valence-corrected chi connectivity index (χ0v) is 10.6. The first kappa shape index (κ1) is 12.5. The van der Waals surface area contributed by atoms with Gasteiger partial charge in [-0.15, -0.1) is 0 Å². The van der Waals surface area contributed by atoms with Crippen LogP contribution in [-0.4, -0.2) is 27.9 Å². The lowest BCUT2D eigenvalue weighted by atomic mass is 10.2. The molecule has 0 aliphatic carbocycles. The van der Waals surface area contributed by atoms with Crippen LogP contribution in [0, 0.1) is 5.82 Å². The monoisotopic (exact) mass is 283 g/mol. The number of hydrogen-bond acceptors (Lipinski definition) is 5. The third-order valence-corrected chi connectivity index (χ3v) is 3.31. The van der Waals surface area contributed by atoms with Gasteiger partial charge >= 0.3 is 0 Å². The van der Waals surface area contributed by atoms with Crippen LogP contribution in [0.1, 0.15) is 18.4 Å². The van der Waals surface area contributed by atoms with Crippen LogP contribution < -0.4 is 5.32 Å². The topological polar surface area (TPSA) is 71.2 Å². The molecule has 0 radical (unpaired) electrons. The van der Waals surface area contributed by atoms with Gasteiger partial charge in [0.2, 0.25) is 11.7 Å². The Morgan fingerprint density at radius 1 is 1.47 bits per heavy atom. The maximum atomic E-state index is 13.1. The number of β-amino-alcohol motifs (C(OH)–C–C–N with tert-alkyl or cyclic N) is 1. The molecule has 2 heterocycles. The molecule has 0 unspecified atom stereocenters. The predicted octanol–water partition coefficient (Wildman–Crippen LogP) is 1.92. The molecule has 2 aromatic rings. The fourth-order valence-electron chi connectivity index (χ4n) is 2.03. The summed E-state index contributed by atoms with van der Waals surface area (Å²) in [5.74, 6) is 0.266. The Hall–Kier alpha value is -1.50. The van der Waals surface area contributed by atoms with Crippen molar-refractivity contribution in [1.82, 2.24) is 15.5 Å². The highest BCUT2D eigenvalue weighted by atomic mass is 35.5. The van der Waals surface area contributed by atoms with E-state index < -0.39 is 11.9 Å². The summed E-state index contributed by atoms with van der Waals surface area (Å²) in [5.41, 5.74) is 0.583. The standard InChI is InChI=1S/C12H11ClFN3O2/c13-8-3-6(1-2-9(8)14)11-16-12(19-17-11)10-4-7(18)5-15-10/h1-3,7,10,15,18H,4-5H2/t7-,10-/m1/s1. The molecule has 0 spiro atoms. The van der Waals surface area contributed by atoms with E-state index in [0.717, 1.165) is 0 Å². The van der Waals surface area contributed by atoms with E-state index in [1.54, 1.807) is 0 Å². The van der Waals surface area contributed by atoms with Gasteiger partial charge in [-0.1, -0.05) is 16.8 Å². The first-order chi connectivity index (χ1) is 9.13. The van der Waals surface area contributed by atoms with Gasteiger partial charge in [-0.2, -0.15) is 4.98 Å². The molecule has 5 nitrogen and oxygen atoms in total. The Kier molecular flexibility index (Phi) is 3.22. The number of halogens is 2. The van der Waals surface area contributed by atoms with Gasteiger partial charge in [0.05, 0.1) is 17.2 Å². The maximum Gasteiger partial charge on any atom is 0.244 e. The van der Waals surface area contributed by atoms with Crippen molar-refractivity contribution in [2.75, 3.05) is 6.54 Å². The number of rotatable bonds is 2. The SMILES string of the molecule is O[C@H]1CN[C@@H](c2nc(-c3ccc(F)c(Cl)c3)no2)C1. The smallest absolute Gasteiger partial charge is 0.244 e. The molecule has 0 bridgehead atoms. The third-order valence-electron chi connectivity index (χ3n) is 3.03. The second kappa shape index (κ2) is 4.88. The molecule has 19 heavy (non-hydrogen) atoms. The van der Waals surface area contributed by atoms with Crippen LogP contribution in [0.4, 0.5) is 4.39 Å². The number of benzene rings is 1. The Morgan fingerprint density at radius 2 is 2.32 bits per heavy atom. The van der Waals surface area contributed by atoms with Crippen LogP contribution in [-0.2, 0) is 0 Å². The minimum Gasteiger partial charge on any atom is -0.392 e. The van der Waals surface area contributed by atoms with Crippen molar-refractivity contribution in [2.45, 2.75) is 18.6 Å². The number of nitrogens with one attached hydrogen (secondary N) is 1. The van der Waals surface area contributed by atoms with E-state index in [2.05, 4.69) is 15.5 Å². The van der Waals surface area contributed by atoms with E-state index in [1.165, 1.54) is 18.2 Å². The van der Waals surface area contributed by atoms with Crippen LogP contribution in [0.15, 0.2) is 22.7 Å². The fourth-order valence-corrected chi connectivity index (χ4v) is 2.21. The summed E-state index contributed by atoms with van der Waals surface area (Å²) in [6.45, 7) is 0.505. The lowest BCUT2D eigenvalue weighted by Crippen LogP contribution is -2.15. The van der Waals surface area contributed by atoms with Crippen LogP contribution >= 0.6 is 11.6 Å². The van der Waals surface area contributed by atoms with Gasteiger partial charge in [-0.25, -0.2) is 4.39 Å². The Bertz CT molecular complexity index is 604. The minimum absolute atomic E-state index is 0.0123. The molecule has 1 aliphatic heterocycles. The summed E-state index contributed by atoms with van der Waals surface area (Å²) in [6.07, 6.45) is 0.131. The predicted molar refractivity (Wildman–Crippen MR) is 66.1 cm³/mol. The van der Waals surface area contributed by atoms with Gasteiger partial charge in [0.15, 0.2) is 0 Å². The molecule has 1 fully saturated rings. The quantitative estimate of drug-likeness (QED) is 0.881. The van der Waals surface area contributed by atoms with Crippen molar-refractivity contribution in [2.24, 2.45) is 0 Å². The molecule has 1 aromatic carbocycles. The Labute approximate surface area is 113 Å². The summed E-state index contributed by atoms with van der Waals surface area (Å²) in [4.78, 5) is 4.24. The number of aliphatic hydroxyl groups is 1. The van der Waals surface area contributed by atoms with Crippen molar-refractivity contribution >= 4 is 11.6 Å². The van der Waals surface area contributed by atoms with Gasteiger partial charge in [0, 0.05) is 12.1 Å². The molecule has 0 saturated carbocycles. The van der Waals surface area contributed by atoms with Gasteiger partial charge in [-0.3, -0.25) is 0 Å². The van der Waals surface area contributed by atoms with E-state index in [9.17, 15) is 9.50 Å². The molecule has 0 amide bonds. The Balaban J connectivity index is 1.86. The van der Waals surface area contributed by atoms with Crippen LogP contribution in [0.3, 0.4) is 0 Å². The molecular formula is C12H11ClFN3O2. The highest BCUT2D eigenvalue weighted by molar-refractivity contribution is 6.31. The third kappa shape index (κ3) is 2.47. The zero-order chi connectivity index (χ0) is 13.4. The number of nitrogens with zero attached hydrogens (tertiary/aromatic N) is 2. The van der Waals surface area contributed by atoms with E-state index in [-0.39, 0.29) is 11.1 Å². The second-order valence-corrected chi connectivity index (χ2v) is 4.84. The minimum atomic E-state index is -0.491. The maximum absolute atomic E-state index is 13.1. The molecule has 7 heteroatoms. The highest BCUT2D eigenvalue weighted by Gasteiger charge is 2.28. The van der Waals surface area contributed by atoms with Crippen molar-refractivity contribution in [3.8, 4) is 11.4 Å². The van der Waals surface area contributed by atoms with Crippen molar-refractivity contribution in [3.63, 3.8) is 0 Å². The van der Waals surface area contributed by atoms with E-state index in [0.29, 0.717) is 30.2 Å². The molecule has 3 rings (SSSR count). The van der Waals surface area contributed by atoms with Crippen LogP contribution in [0.5, 0.6) is 0 Å². The normalized spacial score (nSPS) is 22.9. The summed E-state index contributed by atoms with van der Waals surface area (Å²) in [6, 6.07) is 4.09. The van der Waals surface area contributed by atoms with Crippen LogP contribution in [0.25, 0.3) is 11.4 Å². The average Bonchev–Trinajstić information content (AvgIpc) is 3.01. The molecule has 100 valence electrons. The Morgan fingerprint density at radius 3 is 3.00 bits per heavy atom. The number of hydrogen-bond donors (Lipinski definition) is 2. The lowest BCUT2D eigenvalue weighted by molar-refractivity contribution is 0.191. The molecule has 1 aromatic heterocycles. The second-order valence-electron chi connectivity index (χ2n) is 4.44. The summed E-state index contributed by atoms with van der Waals surface area (Å²) in [7, 11) is 0. The molecule has 2 N–H and O–H groups in total. The first-order valence-corrected chi connectivity index (χ1v) is 6.22. The number of aromatic nitrogens is 2.